The van der Waals surface area contributed by atoms with Crippen LogP contribution in [0.15, 0.2) is 18.2 Å². The van der Waals surface area contributed by atoms with Crippen molar-refractivity contribution in [2.45, 2.75) is 25.3 Å². The summed E-state index contributed by atoms with van der Waals surface area (Å²) in [6.45, 7) is 3.22. The van der Waals surface area contributed by atoms with Gasteiger partial charge in [0, 0.05) is 12.6 Å². The summed E-state index contributed by atoms with van der Waals surface area (Å²) in [4.78, 5) is 2.63. The van der Waals surface area contributed by atoms with Crippen LogP contribution in [-0.2, 0) is 6.42 Å². The highest BCUT2D eigenvalue weighted by Gasteiger charge is 2.32. The first-order valence-electron chi connectivity index (χ1n) is 6.92. The average Bonchev–Trinajstić information content (AvgIpc) is 2.45. The number of hydrogen-bond acceptors (Lipinski definition) is 3. The lowest BCUT2D eigenvalue weighted by molar-refractivity contribution is 0.105. The van der Waals surface area contributed by atoms with Crippen molar-refractivity contribution in [2.24, 2.45) is 11.7 Å². The van der Waals surface area contributed by atoms with Crippen LogP contribution in [0.1, 0.15) is 30.0 Å². The average molecular weight is 246 g/mol. The molecule has 0 spiro atoms. The number of fused-ring (bicyclic) bond motifs is 3. The molecule has 1 aromatic rings. The van der Waals surface area contributed by atoms with Crippen LogP contribution in [0.3, 0.4) is 0 Å². The minimum Gasteiger partial charge on any atom is -0.497 e. The number of nitrogens with zero attached hydrogens (tertiary/aromatic N) is 1. The Morgan fingerprint density at radius 2 is 2.28 bits per heavy atom. The number of nitrogens with two attached hydrogens (primary N) is 1. The minimum absolute atomic E-state index is 0.585. The molecule has 18 heavy (non-hydrogen) atoms. The summed E-state index contributed by atoms with van der Waals surface area (Å²) in [5, 5.41) is 0. The van der Waals surface area contributed by atoms with E-state index >= 15 is 0 Å². The molecule has 0 amide bonds. The third kappa shape index (κ3) is 2.02. The van der Waals surface area contributed by atoms with E-state index in [0.717, 1.165) is 18.7 Å². The van der Waals surface area contributed by atoms with Crippen molar-refractivity contribution in [3.8, 4) is 5.75 Å². The molecule has 2 unspecified atom stereocenters. The maximum Gasteiger partial charge on any atom is 0.119 e. The molecule has 0 aliphatic carbocycles. The van der Waals surface area contributed by atoms with Crippen LogP contribution in [0, 0.1) is 5.92 Å². The van der Waals surface area contributed by atoms with E-state index in [1.165, 1.54) is 37.1 Å². The van der Waals surface area contributed by atoms with Crippen LogP contribution in [0.25, 0.3) is 0 Å². The van der Waals surface area contributed by atoms with E-state index in [0.29, 0.717) is 12.0 Å². The van der Waals surface area contributed by atoms with Crippen molar-refractivity contribution >= 4 is 0 Å². The predicted molar refractivity (Wildman–Crippen MR) is 72.8 cm³/mol. The molecular formula is C15H22N2O. The molecule has 3 heteroatoms. The minimum atomic E-state index is 0.585. The van der Waals surface area contributed by atoms with Gasteiger partial charge in [0.05, 0.1) is 7.11 Å². The molecule has 3 rings (SSSR count). The van der Waals surface area contributed by atoms with Gasteiger partial charge in [-0.1, -0.05) is 6.07 Å². The zero-order chi connectivity index (χ0) is 12.5. The second-order valence-corrected chi connectivity index (χ2v) is 5.49. The van der Waals surface area contributed by atoms with Gasteiger partial charge in [0.25, 0.3) is 0 Å². The quantitative estimate of drug-likeness (QED) is 0.867. The number of ether oxygens (including phenoxy) is 1. The number of rotatable bonds is 2. The smallest absolute Gasteiger partial charge is 0.119 e. The topological polar surface area (TPSA) is 38.5 Å². The molecule has 1 saturated heterocycles. The summed E-state index contributed by atoms with van der Waals surface area (Å²) in [6.07, 6.45) is 3.63. The van der Waals surface area contributed by atoms with Crippen molar-refractivity contribution in [3.05, 3.63) is 29.3 Å². The molecule has 2 aliphatic rings. The molecule has 98 valence electrons. The number of benzene rings is 1. The zero-order valence-corrected chi connectivity index (χ0v) is 11.1. The summed E-state index contributed by atoms with van der Waals surface area (Å²) >= 11 is 0. The number of methoxy groups -OCH3 is 1. The van der Waals surface area contributed by atoms with Crippen molar-refractivity contribution in [3.63, 3.8) is 0 Å². The van der Waals surface area contributed by atoms with Crippen LogP contribution in [0.5, 0.6) is 5.75 Å². The Bertz CT molecular complexity index is 433. The van der Waals surface area contributed by atoms with Gasteiger partial charge in [-0.15, -0.1) is 0 Å². The Labute approximate surface area is 109 Å². The normalized spacial score (nSPS) is 27.4. The van der Waals surface area contributed by atoms with Gasteiger partial charge in [-0.2, -0.15) is 0 Å². The molecule has 1 fully saturated rings. The Morgan fingerprint density at radius 1 is 1.39 bits per heavy atom. The summed E-state index contributed by atoms with van der Waals surface area (Å²) in [5.41, 5.74) is 8.82. The maximum absolute atomic E-state index is 5.85. The molecule has 1 aromatic carbocycles. The Balaban J connectivity index is 1.90. The fourth-order valence-electron chi connectivity index (χ4n) is 3.41. The molecule has 0 bridgehead atoms. The van der Waals surface area contributed by atoms with E-state index in [1.807, 2.05) is 0 Å². The van der Waals surface area contributed by atoms with E-state index in [1.54, 1.807) is 7.11 Å². The molecule has 2 aliphatic heterocycles. The fourth-order valence-corrected chi connectivity index (χ4v) is 3.41. The largest absolute Gasteiger partial charge is 0.497 e. The van der Waals surface area contributed by atoms with Crippen LogP contribution < -0.4 is 10.5 Å². The van der Waals surface area contributed by atoms with Crippen LogP contribution >= 0.6 is 0 Å². The van der Waals surface area contributed by atoms with Gasteiger partial charge in [0.15, 0.2) is 0 Å². The zero-order valence-electron chi connectivity index (χ0n) is 11.1. The first-order valence-corrected chi connectivity index (χ1v) is 6.92. The van der Waals surface area contributed by atoms with E-state index in [-0.39, 0.29) is 0 Å². The monoisotopic (exact) mass is 246 g/mol. The fraction of sp³-hybridized carbons (Fsp3) is 0.600. The number of piperidine rings is 1. The summed E-state index contributed by atoms with van der Waals surface area (Å²) in [6, 6.07) is 7.14. The lowest BCUT2D eigenvalue weighted by atomic mass is 9.82. The van der Waals surface area contributed by atoms with Gasteiger partial charge in [-0.25, -0.2) is 0 Å². The highest BCUT2D eigenvalue weighted by atomic mass is 16.5. The lowest BCUT2D eigenvalue weighted by Crippen LogP contribution is -2.42. The van der Waals surface area contributed by atoms with Crippen LogP contribution in [-0.4, -0.2) is 31.6 Å². The van der Waals surface area contributed by atoms with Crippen molar-refractivity contribution < 1.29 is 4.74 Å². The maximum atomic E-state index is 5.85. The van der Waals surface area contributed by atoms with Gasteiger partial charge in [-0.05, 0) is 61.5 Å². The SMILES string of the molecule is COc1ccc2c(c1)CCN1CCC(CN)CC21. The molecular weight excluding hydrogens is 224 g/mol. The molecule has 0 saturated carbocycles. The second-order valence-electron chi connectivity index (χ2n) is 5.49. The van der Waals surface area contributed by atoms with Gasteiger partial charge in [0.1, 0.15) is 5.75 Å². The van der Waals surface area contributed by atoms with E-state index in [4.69, 9.17) is 10.5 Å². The van der Waals surface area contributed by atoms with E-state index < -0.39 is 0 Å². The van der Waals surface area contributed by atoms with Crippen LogP contribution in [0.2, 0.25) is 0 Å². The Hall–Kier alpha value is -1.06. The number of hydrogen-bond donors (Lipinski definition) is 1. The second kappa shape index (κ2) is 4.90. The molecule has 3 nitrogen and oxygen atoms in total. The van der Waals surface area contributed by atoms with E-state index in [9.17, 15) is 0 Å². The predicted octanol–water partition coefficient (Wildman–Crippen LogP) is 1.96. The highest BCUT2D eigenvalue weighted by molar-refractivity contribution is 5.39. The summed E-state index contributed by atoms with van der Waals surface area (Å²) in [5.74, 6) is 1.67. The molecule has 0 aromatic heterocycles. The van der Waals surface area contributed by atoms with Crippen molar-refractivity contribution in [2.75, 3.05) is 26.7 Å². The molecule has 2 atom stereocenters. The Kier molecular flexibility index (Phi) is 3.27. The third-order valence-electron chi connectivity index (χ3n) is 4.53. The summed E-state index contributed by atoms with van der Waals surface area (Å²) in [7, 11) is 1.74. The first kappa shape index (κ1) is 12.0. The van der Waals surface area contributed by atoms with Crippen molar-refractivity contribution in [1.29, 1.82) is 0 Å². The van der Waals surface area contributed by atoms with Gasteiger partial charge in [-0.3, -0.25) is 4.90 Å². The Morgan fingerprint density at radius 3 is 3.06 bits per heavy atom. The van der Waals surface area contributed by atoms with Gasteiger partial charge < -0.3 is 10.5 Å². The molecule has 2 heterocycles. The molecule has 2 N–H and O–H groups in total. The lowest BCUT2D eigenvalue weighted by Gasteiger charge is -2.43. The summed E-state index contributed by atoms with van der Waals surface area (Å²) < 4.78 is 5.32. The third-order valence-corrected chi connectivity index (χ3v) is 4.53. The van der Waals surface area contributed by atoms with Crippen molar-refractivity contribution in [1.82, 2.24) is 4.90 Å². The van der Waals surface area contributed by atoms with Gasteiger partial charge in [0.2, 0.25) is 0 Å². The molecule has 0 radical (unpaired) electrons. The first-order chi connectivity index (χ1) is 8.81. The van der Waals surface area contributed by atoms with Gasteiger partial charge >= 0.3 is 0 Å². The van der Waals surface area contributed by atoms with Crippen LogP contribution in [0.4, 0.5) is 0 Å². The highest BCUT2D eigenvalue weighted by Crippen LogP contribution is 2.39. The standard InChI is InChI=1S/C15H22N2O/c1-18-13-2-3-14-12(9-13)5-7-17-6-4-11(10-16)8-15(14)17/h2-3,9,11,15H,4-8,10,16H2,1H3. The van der Waals surface area contributed by atoms with E-state index in [2.05, 4.69) is 23.1 Å².